The smallest absolute Gasteiger partial charge is 0.0463 e. The SMILES string of the molecule is Br.Brc1cccc(C2(N3CCNCC3)CC2)c1. The second kappa shape index (κ2) is 5.39. The highest BCUT2D eigenvalue weighted by molar-refractivity contribution is 9.10. The second-order valence-corrected chi connectivity index (χ2v) is 5.69. The van der Waals surface area contributed by atoms with E-state index in [1.807, 2.05) is 0 Å². The van der Waals surface area contributed by atoms with E-state index in [1.165, 1.54) is 36.0 Å². The fraction of sp³-hybridized carbons (Fsp3) is 0.538. The lowest BCUT2D eigenvalue weighted by Crippen LogP contribution is -2.48. The van der Waals surface area contributed by atoms with Gasteiger partial charge in [-0.2, -0.15) is 0 Å². The molecule has 1 saturated heterocycles. The molecular weight excluding hydrogens is 344 g/mol. The van der Waals surface area contributed by atoms with Gasteiger partial charge in [-0.05, 0) is 30.5 Å². The summed E-state index contributed by atoms with van der Waals surface area (Å²) in [6.45, 7) is 4.64. The fourth-order valence-corrected chi connectivity index (χ4v) is 3.18. The van der Waals surface area contributed by atoms with Crippen LogP contribution >= 0.6 is 32.9 Å². The molecule has 1 N–H and O–H groups in total. The largest absolute Gasteiger partial charge is 0.314 e. The molecule has 1 aliphatic heterocycles. The highest BCUT2D eigenvalue weighted by Gasteiger charge is 2.49. The van der Waals surface area contributed by atoms with Crippen molar-refractivity contribution >= 4 is 32.9 Å². The van der Waals surface area contributed by atoms with Gasteiger partial charge in [0.25, 0.3) is 0 Å². The molecule has 1 aromatic carbocycles. The van der Waals surface area contributed by atoms with Gasteiger partial charge < -0.3 is 5.32 Å². The molecule has 0 radical (unpaired) electrons. The van der Waals surface area contributed by atoms with Gasteiger partial charge in [-0.1, -0.05) is 28.1 Å². The van der Waals surface area contributed by atoms with Crippen LogP contribution in [0.4, 0.5) is 0 Å². The zero-order chi connectivity index (χ0) is 11.0. The minimum atomic E-state index is 0. The monoisotopic (exact) mass is 360 g/mol. The Morgan fingerprint density at radius 1 is 1.18 bits per heavy atom. The van der Waals surface area contributed by atoms with E-state index >= 15 is 0 Å². The van der Waals surface area contributed by atoms with Gasteiger partial charge in [0, 0.05) is 36.2 Å². The molecule has 0 bridgehead atoms. The first kappa shape index (κ1) is 13.5. The van der Waals surface area contributed by atoms with Gasteiger partial charge in [0.15, 0.2) is 0 Å². The van der Waals surface area contributed by atoms with Crippen molar-refractivity contribution in [2.45, 2.75) is 18.4 Å². The summed E-state index contributed by atoms with van der Waals surface area (Å²) in [6, 6.07) is 8.83. The van der Waals surface area contributed by atoms with Crippen LogP contribution in [0, 0.1) is 0 Å². The maximum Gasteiger partial charge on any atom is 0.0463 e. The van der Waals surface area contributed by atoms with Gasteiger partial charge in [0.1, 0.15) is 0 Å². The lowest BCUT2D eigenvalue weighted by Gasteiger charge is -2.35. The number of nitrogens with one attached hydrogen (secondary N) is 1. The Kier molecular flexibility index (Phi) is 4.29. The number of halogens is 2. The average Bonchev–Trinajstić information content (AvgIpc) is 3.11. The van der Waals surface area contributed by atoms with E-state index in [-0.39, 0.29) is 17.0 Å². The molecule has 0 spiro atoms. The van der Waals surface area contributed by atoms with E-state index in [4.69, 9.17) is 0 Å². The van der Waals surface area contributed by atoms with E-state index in [0.717, 1.165) is 13.1 Å². The Hall–Kier alpha value is 0.1000. The van der Waals surface area contributed by atoms with Crippen molar-refractivity contribution in [3.8, 4) is 0 Å². The summed E-state index contributed by atoms with van der Waals surface area (Å²) in [5.74, 6) is 0. The molecular formula is C13H18Br2N2. The molecule has 4 heteroatoms. The summed E-state index contributed by atoms with van der Waals surface area (Å²) in [6.07, 6.45) is 2.65. The molecule has 2 aliphatic rings. The van der Waals surface area contributed by atoms with Crippen molar-refractivity contribution in [2.75, 3.05) is 26.2 Å². The maximum absolute atomic E-state index is 3.58. The molecule has 0 amide bonds. The summed E-state index contributed by atoms with van der Waals surface area (Å²) < 4.78 is 1.20. The zero-order valence-electron chi connectivity index (χ0n) is 9.79. The number of hydrogen-bond acceptors (Lipinski definition) is 2. The minimum absolute atomic E-state index is 0. The Balaban J connectivity index is 0.00000108. The Labute approximate surface area is 122 Å². The van der Waals surface area contributed by atoms with Crippen LogP contribution in [0.5, 0.6) is 0 Å². The third-order valence-corrected chi connectivity index (χ3v) is 4.30. The van der Waals surface area contributed by atoms with Crippen molar-refractivity contribution in [3.05, 3.63) is 34.3 Å². The molecule has 3 rings (SSSR count). The summed E-state index contributed by atoms with van der Waals surface area (Å²) in [7, 11) is 0. The minimum Gasteiger partial charge on any atom is -0.314 e. The molecule has 0 aromatic heterocycles. The summed E-state index contributed by atoms with van der Waals surface area (Å²) in [4.78, 5) is 2.66. The topological polar surface area (TPSA) is 15.3 Å². The zero-order valence-corrected chi connectivity index (χ0v) is 13.1. The molecule has 17 heavy (non-hydrogen) atoms. The van der Waals surface area contributed by atoms with Crippen molar-refractivity contribution < 1.29 is 0 Å². The first-order valence-corrected chi connectivity index (χ1v) is 6.82. The molecule has 1 aliphatic carbocycles. The van der Waals surface area contributed by atoms with E-state index in [0.29, 0.717) is 5.54 Å². The van der Waals surface area contributed by atoms with Crippen LogP contribution in [0.15, 0.2) is 28.7 Å². The quantitative estimate of drug-likeness (QED) is 0.871. The highest BCUT2D eigenvalue weighted by Crippen LogP contribution is 2.51. The fourth-order valence-electron chi connectivity index (χ4n) is 2.78. The predicted molar refractivity (Wildman–Crippen MR) is 79.8 cm³/mol. The van der Waals surface area contributed by atoms with Crippen molar-refractivity contribution in [2.24, 2.45) is 0 Å². The number of rotatable bonds is 2. The molecule has 94 valence electrons. The van der Waals surface area contributed by atoms with E-state index < -0.39 is 0 Å². The Morgan fingerprint density at radius 3 is 2.47 bits per heavy atom. The summed E-state index contributed by atoms with van der Waals surface area (Å²) in [5.41, 5.74) is 1.86. The van der Waals surface area contributed by atoms with Crippen LogP contribution in [0.3, 0.4) is 0 Å². The Morgan fingerprint density at radius 2 is 1.88 bits per heavy atom. The first-order valence-electron chi connectivity index (χ1n) is 6.03. The van der Waals surface area contributed by atoms with Crippen LogP contribution < -0.4 is 5.32 Å². The second-order valence-electron chi connectivity index (χ2n) is 4.78. The molecule has 2 fully saturated rings. The van der Waals surface area contributed by atoms with Crippen LogP contribution in [0.1, 0.15) is 18.4 Å². The van der Waals surface area contributed by atoms with Crippen LogP contribution in [-0.4, -0.2) is 31.1 Å². The van der Waals surface area contributed by atoms with Gasteiger partial charge in [0.05, 0.1) is 0 Å². The van der Waals surface area contributed by atoms with Crippen LogP contribution in [0.25, 0.3) is 0 Å². The third-order valence-electron chi connectivity index (χ3n) is 3.81. The summed E-state index contributed by atoms with van der Waals surface area (Å²) >= 11 is 3.58. The van der Waals surface area contributed by atoms with Crippen molar-refractivity contribution in [1.29, 1.82) is 0 Å². The molecule has 0 atom stereocenters. The lowest BCUT2D eigenvalue weighted by atomic mass is 10.0. The highest BCUT2D eigenvalue weighted by atomic mass is 79.9. The van der Waals surface area contributed by atoms with Crippen LogP contribution in [-0.2, 0) is 5.54 Å². The Bertz CT molecular complexity index is 385. The third kappa shape index (κ3) is 2.60. The number of piperazine rings is 1. The molecule has 1 heterocycles. The average molecular weight is 362 g/mol. The predicted octanol–water partition coefficient (Wildman–Crippen LogP) is 2.92. The van der Waals surface area contributed by atoms with Gasteiger partial charge >= 0.3 is 0 Å². The summed E-state index contributed by atoms with van der Waals surface area (Å²) in [5, 5.41) is 3.43. The number of nitrogens with zero attached hydrogens (tertiary/aromatic N) is 1. The molecule has 1 saturated carbocycles. The van der Waals surface area contributed by atoms with Gasteiger partial charge in [-0.3, -0.25) is 4.90 Å². The number of benzene rings is 1. The maximum atomic E-state index is 3.58. The number of hydrogen-bond donors (Lipinski definition) is 1. The van der Waals surface area contributed by atoms with Gasteiger partial charge in [-0.25, -0.2) is 0 Å². The normalized spacial score (nSPS) is 22.9. The molecule has 1 aromatic rings. The van der Waals surface area contributed by atoms with Crippen molar-refractivity contribution in [1.82, 2.24) is 10.2 Å². The van der Waals surface area contributed by atoms with E-state index in [9.17, 15) is 0 Å². The van der Waals surface area contributed by atoms with Crippen molar-refractivity contribution in [3.63, 3.8) is 0 Å². The van der Waals surface area contributed by atoms with Gasteiger partial charge in [0.2, 0.25) is 0 Å². The van der Waals surface area contributed by atoms with Gasteiger partial charge in [-0.15, -0.1) is 17.0 Å². The molecule has 0 unspecified atom stereocenters. The van der Waals surface area contributed by atoms with Crippen LogP contribution in [0.2, 0.25) is 0 Å². The van der Waals surface area contributed by atoms with E-state index in [1.54, 1.807) is 0 Å². The van der Waals surface area contributed by atoms with E-state index in [2.05, 4.69) is 50.4 Å². The first-order chi connectivity index (χ1) is 7.81. The standard InChI is InChI=1S/C13H17BrN2.BrH/c14-12-3-1-2-11(10-12)13(4-5-13)16-8-6-15-7-9-16;/h1-3,10,15H,4-9H2;1H. The molecule has 2 nitrogen and oxygen atoms in total. The lowest BCUT2D eigenvalue weighted by molar-refractivity contribution is 0.154.